The number of nitrogens with zero attached hydrogens (tertiary/aromatic N) is 1. The van der Waals surface area contributed by atoms with E-state index in [2.05, 4.69) is 34.7 Å². The Morgan fingerprint density at radius 1 is 1.10 bits per heavy atom. The average Bonchev–Trinajstić information content (AvgIpc) is 3.15. The number of benzene rings is 2. The second kappa shape index (κ2) is 9.25. The summed E-state index contributed by atoms with van der Waals surface area (Å²) < 4.78 is 0. The standard InChI is InChI=1S/C23H27N7O/c1-13(2)10-19(24)16-6-9-20-17(11-16)12-21(28-20)22(31)27-18-7-4-15(5-8-18)14(3)29-30-23(25)26/h4-9,11-13,24,28H,10H2,1-3H3,(H,27,31)(H4,25,26,30)/b24-19?,29-14+. The number of guanidine groups is 1. The molecule has 0 aliphatic carbocycles. The van der Waals surface area contributed by atoms with Crippen molar-refractivity contribution < 1.29 is 4.79 Å². The Kier molecular flexibility index (Phi) is 6.49. The van der Waals surface area contributed by atoms with Gasteiger partial charge in [-0.2, -0.15) is 5.10 Å². The highest BCUT2D eigenvalue weighted by atomic mass is 16.1. The van der Waals surface area contributed by atoms with Gasteiger partial charge in [-0.05, 0) is 60.7 Å². The molecule has 7 N–H and O–H groups in total. The fourth-order valence-corrected chi connectivity index (χ4v) is 3.17. The van der Waals surface area contributed by atoms with Gasteiger partial charge >= 0.3 is 0 Å². The molecule has 0 saturated heterocycles. The lowest BCUT2D eigenvalue weighted by atomic mass is 9.99. The van der Waals surface area contributed by atoms with Crippen molar-refractivity contribution in [1.29, 1.82) is 10.8 Å². The number of aromatic nitrogens is 1. The maximum atomic E-state index is 12.7. The Balaban J connectivity index is 1.72. The summed E-state index contributed by atoms with van der Waals surface area (Å²) in [6, 6.07) is 14.8. The Labute approximate surface area is 181 Å². The van der Waals surface area contributed by atoms with Gasteiger partial charge < -0.3 is 21.4 Å². The van der Waals surface area contributed by atoms with E-state index in [1.807, 2.05) is 30.3 Å². The number of hydrazone groups is 1. The molecule has 0 aliphatic heterocycles. The van der Waals surface area contributed by atoms with Crippen molar-refractivity contribution in [2.75, 3.05) is 5.32 Å². The van der Waals surface area contributed by atoms with Gasteiger partial charge in [-0.1, -0.05) is 32.0 Å². The van der Waals surface area contributed by atoms with Gasteiger partial charge in [-0.15, -0.1) is 0 Å². The number of H-pyrrole nitrogens is 1. The van der Waals surface area contributed by atoms with E-state index in [9.17, 15) is 4.79 Å². The number of rotatable bonds is 7. The summed E-state index contributed by atoms with van der Waals surface area (Å²) in [5, 5.41) is 23.2. The molecule has 160 valence electrons. The highest BCUT2D eigenvalue weighted by molar-refractivity contribution is 6.07. The number of aromatic amines is 1. The zero-order chi connectivity index (χ0) is 22.5. The van der Waals surface area contributed by atoms with Crippen molar-refractivity contribution in [3.63, 3.8) is 0 Å². The molecule has 0 unspecified atom stereocenters. The zero-order valence-electron chi connectivity index (χ0n) is 17.8. The third-order valence-electron chi connectivity index (χ3n) is 4.73. The van der Waals surface area contributed by atoms with Crippen LogP contribution in [0.1, 0.15) is 48.8 Å². The Bertz CT molecular complexity index is 1160. The number of carbonyl (C=O) groups excluding carboxylic acids is 1. The normalized spacial score (nSPS) is 11.5. The summed E-state index contributed by atoms with van der Waals surface area (Å²) in [5.74, 6) is -0.0561. The molecular formula is C23H27N7O. The maximum Gasteiger partial charge on any atom is 0.272 e. The third kappa shape index (κ3) is 5.57. The number of hydrogen-bond acceptors (Lipinski definition) is 4. The van der Waals surface area contributed by atoms with E-state index in [-0.39, 0.29) is 11.9 Å². The molecule has 31 heavy (non-hydrogen) atoms. The number of nitrogens with one attached hydrogen (secondary N) is 5. The minimum absolute atomic E-state index is 0.231. The van der Waals surface area contributed by atoms with Crippen LogP contribution in [0, 0.1) is 16.7 Å². The molecule has 0 fully saturated rings. The molecule has 0 atom stereocenters. The number of hydrogen-bond donors (Lipinski definition) is 6. The van der Waals surface area contributed by atoms with Crippen LogP contribution in [-0.4, -0.2) is 28.3 Å². The second-order valence-corrected chi connectivity index (χ2v) is 7.82. The van der Waals surface area contributed by atoms with E-state index in [1.165, 1.54) is 0 Å². The summed E-state index contributed by atoms with van der Waals surface area (Å²) >= 11 is 0. The van der Waals surface area contributed by atoms with Gasteiger partial charge in [-0.25, -0.2) is 5.43 Å². The van der Waals surface area contributed by atoms with E-state index in [4.69, 9.17) is 16.6 Å². The lowest BCUT2D eigenvalue weighted by Crippen LogP contribution is -2.26. The van der Waals surface area contributed by atoms with Gasteiger partial charge in [0.05, 0.1) is 5.71 Å². The van der Waals surface area contributed by atoms with Gasteiger partial charge in [0.25, 0.3) is 5.91 Å². The quantitative estimate of drug-likeness (QED) is 0.196. The van der Waals surface area contributed by atoms with Gasteiger partial charge in [0, 0.05) is 22.3 Å². The molecule has 1 heterocycles. The lowest BCUT2D eigenvalue weighted by molar-refractivity contribution is 0.102. The Morgan fingerprint density at radius 3 is 2.42 bits per heavy atom. The first-order valence-electron chi connectivity index (χ1n) is 9.99. The van der Waals surface area contributed by atoms with Gasteiger partial charge in [0.15, 0.2) is 0 Å². The molecule has 0 aliphatic rings. The topological polar surface area (TPSA) is 143 Å². The van der Waals surface area contributed by atoms with E-state index >= 15 is 0 Å². The Hall–Kier alpha value is -3.94. The molecule has 8 nitrogen and oxygen atoms in total. The first-order valence-corrected chi connectivity index (χ1v) is 9.99. The fraction of sp³-hybridized carbons (Fsp3) is 0.217. The molecule has 3 rings (SSSR count). The molecule has 2 aromatic carbocycles. The summed E-state index contributed by atoms with van der Waals surface area (Å²) in [7, 11) is 0. The van der Waals surface area contributed by atoms with Crippen molar-refractivity contribution in [2.24, 2.45) is 16.8 Å². The van der Waals surface area contributed by atoms with E-state index < -0.39 is 0 Å². The monoisotopic (exact) mass is 417 g/mol. The van der Waals surface area contributed by atoms with Crippen molar-refractivity contribution >= 4 is 39.9 Å². The van der Waals surface area contributed by atoms with Crippen molar-refractivity contribution in [2.45, 2.75) is 27.2 Å². The second-order valence-electron chi connectivity index (χ2n) is 7.82. The number of anilines is 1. The number of amides is 1. The molecule has 1 aromatic heterocycles. The van der Waals surface area contributed by atoms with Crippen LogP contribution in [0.5, 0.6) is 0 Å². The van der Waals surface area contributed by atoms with Crippen LogP contribution in [0.4, 0.5) is 5.69 Å². The molecule has 8 heteroatoms. The summed E-state index contributed by atoms with van der Waals surface area (Å²) in [6.07, 6.45) is 0.717. The SMILES string of the molecule is C/C(=N\NC(=N)N)c1ccc(NC(=O)c2cc3cc(C(=N)CC(C)C)ccc3[nH]2)cc1. The molecule has 0 bridgehead atoms. The molecule has 0 saturated carbocycles. The highest BCUT2D eigenvalue weighted by Gasteiger charge is 2.12. The molecular weight excluding hydrogens is 390 g/mol. The van der Waals surface area contributed by atoms with Crippen LogP contribution in [0.2, 0.25) is 0 Å². The smallest absolute Gasteiger partial charge is 0.272 e. The lowest BCUT2D eigenvalue weighted by Gasteiger charge is -2.06. The fourth-order valence-electron chi connectivity index (χ4n) is 3.17. The maximum absolute atomic E-state index is 12.7. The van der Waals surface area contributed by atoms with E-state index in [0.717, 1.165) is 22.0 Å². The van der Waals surface area contributed by atoms with Crippen LogP contribution in [0.25, 0.3) is 10.9 Å². The van der Waals surface area contributed by atoms with Crippen molar-refractivity contribution in [1.82, 2.24) is 10.4 Å². The number of nitrogens with two attached hydrogens (primary N) is 1. The minimum Gasteiger partial charge on any atom is -0.369 e. The summed E-state index contributed by atoms with van der Waals surface area (Å²) in [5.41, 5.74) is 12.6. The van der Waals surface area contributed by atoms with Crippen LogP contribution >= 0.6 is 0 Å². The number of fused-ring (bicyclic) bond motifs is 1. The number of carbonyl (C=O) groups is 1. The first-order chi connectivity index (χ1) is 14.7. The minimum atomic E-state index is -0.244. The molecule has 0 spiro atoms. The largest absolute Gasteiger partial charge is 0.369 e. The molecule has 3 aromatic rings. The van der Waals surface area contributed by atoms with Gasteiger partial charge in [-0.3, -0.25) is 10.2 Å². The third-order valence-corrected chi connectivity index (χ3v) is 4.73. The average molecular weight is 418 g/mol. The first kappa shape index (κ1) is 21.8. The van der Waals surface area contributed by atoms with Crippen molar-refractivity contribution in [3.05, 3.63) is 65.4 Å². The predicted molar refractivity (Wildman–Crippen MR) is 126 cm³/mol. The zero-order valence-corrected chi connectivity index (χ0v) is 17.8. The molecule has 0 radical (unpaired) electrons. The summed E-state index contributed by atoms with van der Waals surface area (Å²) in [4.78, 5) is 15.8. The van der Waals surface area contributed by atoms with Crippen LogP contribution in [-0.2, 0) is 0 Å². The summed E-state index contributed by atoms with van der Waals surface area (Å²) in [6.45, 7) is 5.98. The Morgan fingerprint density at radius 2 is 1.77 bits per heavy atom. The van der Waals surface area contributed by atoms with Gasteiger partial charge in [0.1, 0.15) is 5.69 Å². The van der Waals surface area contributed by atoms with E-state index in [1.54, 1.807) is 25.1 Å². The van der Waals surface area contributed by atoms with Crippen LogP contribution in [0.15, 0.2) is 53.6 Å². The van der Waals surface area contributed by atoms with Crippen molar-refractivity contribution in [3.8, 4) is 0 Å². The van der Waals surface area contributed by atoms with E-state index in [0.29, 0.717) is 35.1 Å². The predicted octanol–water partition coefficient (Wildman–Crippen LogP) is 4.04. The highest BCUT2D eigenvalue weighted by Crippen LogP contribution is 2.20. The van der Waals surface area contributed by atoms with Crippen LogP contribution in [0.3, 0.4) is 0 Å². The van der Waals surface area contributed by atoms with Gasteiger partial charge in [0.2, 0.25) is 5.96 Å². The van der Waals surface area contributed by atoms with Crippen LogP contribution < -0.4 is 16.5 Å². The molecule has 1 amide bonds.